The molecule has 0 saturated heterocycles. The average molecular weight is 253 g/mol. The number of alkyl halides is 3. The van der Waals surface area contributed by atoms with E-state index in [-0.39, 0.29) is 0 Å². The van der Waals surface area contributed by atoms with Crippen molar-refractivity contribution in [1.82, 2.24) is 4.98 Å². The Morgan fingerprint density at radius 3 is 2.41 bits per heavy atom. The molecule has 0 aliphatic heterocycles. The molecule has 0 fully saturated rings. The molecule has 0 spiro atoms. The van der Waals surface area contributed by atoms with Crippen LogP contribution in [0.4, 0.5) is 13.2 Å². The van der Waals surface area contributed by atoms with E-state index in [1.165, 1.54) is 0 Å². The summed E-state index contributed by atoms with van der Waals surface area (Å²) in [4.78, 5) is 13.7. The molecule has 94 valence electrons. The Bertz CT molecular complexity index is 446. The Kier molecular flexibility index (Phi) is 3.30. The smallest absolute Gasteiger partial charge is 0.503 e. The van der Waals surface area contributed by atoms with Crippen LogP contribution in [0, 0.1) is 0 Å². The van der Waals surface area contributed by atoms with Crippen molar-refractivity contribution < 1.29 is 37.7 Å². The van der Waals surface area contributed by atoms with Gasteiger partial charge in [-0.05, 0) is 0 Å². The Labute approximate surface area is 92.2 Å². The van der Waals surface area contributed by atoms with Crippen molar-refractivity contribution >= 4 is 5.97 Å². The summed E-state index contributed by atoms with van der Waals surface area (Å²) in [6.07, 6.45) is -5.06. The van der Waals surface area contributed by atoms with Gasteiger partial charge < -0.3 is 19.7 Å². The molecular formula is C8H6F3NO5. The van der Waals surface area contributed by atoms with E-state index >= 15 is 0 Å². The molecule has 0 unspecified atom stereocenters. The van der Waals surface area contributed by atoms with Crippen LogP contribution in [-0.2, 0) is 0 Å². The molecule has 0 atom stereocenters. The molecule has 0 radical (unpaired) electrons. The summed E-state index contributed by atoms with van der Waals surface area (Å²) in [5.74, 6) is -4.35. The second kappa shape index (κ2) is 4.36. The highest BCUT2D eigenvalue weighted by atomic mass is 19.4. The average Bonchev–Trinajstić information content (AvgIpc) is 2.18. The highest BCUT2D eigenvalue weighted by Gasteiger charge is 2.34. The number of halogens is 3. The fourth-order valence-electron chi connectivity index (χ4n) is 0.963. The van der Waals surface area contributed by atoms with Gasteiger partial charge in [0, 0.05) is 6.07 Å². The van der Waals surface area contributed by atoms with E-state index in [0.717, 1.165) is 7.11 Å². The standard InChI is InChI=1S/C8H6F3NO5/c1-16-5-3(7(14)15)2-4(13)6(12-5)17-8(9,10)11/h2,13H,1H3,(H,14,15). The lowest BCUT2D eigenvalue weighted by molar-refractivity contribution is -0.276. The van der Waals surface area contributed by atoms with Crippen LogP contribution in [0.3, 0.4) is 0 Å². The molecule has 0 aromatic carbocycles. The van der Waals surface area contributed by atoms with Crippen molar-refractivity contribution in [2.45, 2.75) is 6.36 Å². The van der Waals surface area contributed by atoms with Crippen molar-refractivity contribution in [3.8, 4) is 17.5 Å². The van der Waals surface area contributed by atoms with Crippen LogP contribution < -0.4 is 9.47 Å². The Hall–Kier alpha value is -2.19. The van der Waals surface area contributed by atoms with Gasteiger partial charge in [0.1, 0.15) is 5.56 Å². The summed E-state index contributed by atoms with van der Waals surface area (Å²) in [5.41, 5.74) is -0.584. The van der Waals surface area contributed by atoms with Crippen LogP contribution in [0.25, 0.3) is 0 Å². The number of carboxylic acids is 1. The minimum absolute atomic E-state index is 0.551. The first-order chi connectivity index (χ1) is 7.74. The van der Waals surface area contributed by atoms with Crippen molar-refractivity contribution in [2.24, 2.45) is 0 Å². The van der Waals surface area contributed by atoms with Crippen LogP contribution in [0.2, 0.25) is 0 Å². The lowest BCUT2D eigenvalue weighted by Gasteiger charge is -2.11. The third-order valence-corrected chi connectivity index (χ3v) is 1.57. The first-order valence-electron chi connectivity index (χ1n) is 4.01. The first kappa shape index (κ1) is 12.9. The number of aromatic nitrogens is 1. The third-order valence-electron chi connectivity index (χ3n) is 1.57. The predicted octanol–water partition coefficient (Wildman–Crippen LogP) is 1.39. The normalized spacial score (nSPS) is 11.1. The Balaban J connectivity index is 3.23. The molecule has 0 bridgehead atoms. The number of ether oxygens (including phenoxy) is 2. The van der Waals surface area contributed by atoms with E-state index in [1.54, 1.807) is 0 Å². The van der Waals surface area contributed by atoms with E-state index in [1.807, 2.05) is 0 Å². The third kappa shape index (κ3) is 3.13. The lowest BCUT2D eigenvalue weighted by Crippen LogP contribution is -2.18. The molecule has 6 nitrogen and oxygen atoms in total. The summed E-state index contributed by atoms with van der Waals surface area (Å²) >= 11 is 0. The van der Waals surface area contributed by atoms with E-state index < -0.39 is 35.4 Å². The number of carboxylic acid groups (broad SMARTS) is 1. The fraction of sp³-hybridized carbons (Fsp3) is 0.250. The minimum atomic E-state index is -5.06. The second-order valence-electron chi connectivity index (χ2n) is 2.72. The molecule has 0 aliphatic rings. The van der Waals surface area contributed by atoms with Crippen LogP contribution in [0.15, 0.2) is 6.07 Å². The Morgan fingerprint density at radius 2 is 2.00 bits per heavy atom. The number of carbonyl (C=O) groups is 1. The lowest BCUT2D eigenvalue weighted by atomic mass is 10.2. The van der Waals surface area contributed by atoms with Gasteiger partial charge in [0.25, 0.3) is 5.88 Å². The highest BCUT2D eigenvalue weighted by molar-refractivity contribution is 5.90. The first-order valence-corrected chi connectivity index (χ1v) is 4.01. The van der Waals surface area contributed by atoms with Gasteiger partial charge in [-0.15, -0.1) is 13.2 Å². The minimum Gasteiger partial charge on any atom is -0.503 e. The van der Waals surface area contributed by atoms with Gasteiger partial charge in [0.15, 0.2) is 5.75 Å². The zero-order valence-corrected chi connectivity index (χ0v) is 8.28. The molecular weight excluding hydrogens is 247 g/mol. The van der Waals surface area contributed by atoms with Crippen molar-refractivity contribution in [3.05, 3.63) is 11.6 Å². The molecule has 2 N–H and O–H groups in total. The summed E-state index contributed by atoms with van der Waals surface area (Å²) in [6.45, 7) is 0. The Morgan fingerprint density at radius 1 is 1.41 bits per heavy atom. The molecule has 1 heterocycles. The van der Waals surface area contributed by atoms with E-state index in [9.17, 15) is 18.0 Å². The van der Waals surface area contributed by atoms with Gasteiger partial charge in [-0.2, -0.15) is 4.98 Å². The van der Waals surface area contributed by atoms with Crippen LogP contribution in [-0.4, -0.2) is 34.6 Å². The van der Waals surface area contributed by atoms with Crippen molar-refractivity contribution in [2.75, 3.05) is 7.11 Å². The van der Waals surface area contributed by atoms with Gasteiger partial charge in [-0.1, -0.05) is 0 Å². The molecule has 1 aromatic rings. The molecule has 9 heteroatoms. The topological polar surface area (TPSA) is 88.9 Å². The zero-order chi connectivity index (χ0) is 13.2. The molecule has 17 heavy (non-hydrogen) atoms. The number of aromatic hydroxyl groups is 1. The zero-order valence-electron chi connectivity index (χ0n) is 8.28. The van der Waals surface area contributed by atoms with E-state index in [2.05, 4.69) is 14.5 Å². The largest absolute Gasteiger partial charge is 0.574 e. The highest BCUT2D eigenvalue weighted by Crippen LogP contribution is 2.33. The van der Waals surface area contributed by atoms with Gasteiger partial charge in [0.2, 0.25) is 5.88 Å². The molecule has 0 aliphatic carbocycles. The second-order valence-corrected chi connectivity index (χ2v) is 2.72. The quantitative estimate of drug-likeness (QED) is 0.846. The maximum Gasteiger partial charge on any atom is 0.574 e. The van der Waals surface area contributed by atoms with E-state index in [0.29, 0.717) is 6.07 Å². The van der Waals surface area contributed by atoms with Crippen LogP contribution in [0.5, 0.6) is 17.5 Å². The van der Waals surface area contributed by atoms with Gasteiger partial charge in [0.05, 0.1) is 7.11 Å². The molecule has 0 amide bonds. The number of methoxy groups -OCH3 is 1. The van der Waals surface area contributed by atoms with Gasteiger partial charge in [-0.3, -0.25) is 0 Å². The van der Waals surface area contributed by atoms with Gasteiger partial charge >= 0.3 is 12.3 Å². The van der Waals surface area contributed by atoms with Gasteiger partial charge in [-0.25, -0.2) is 4.79 Å². The number of aromatic carboxylic acids is 1. The molecule has 0 saturated carbocycles. The predicted molar refractivity (Wildman–Crippen MR) is 46.1 cm³/mol. The molecule has 1 rings (SSSR count). The summed E-state index contributed by atoms with van der Waals surface area (Å²) in [7, 11) is 1.02. The maximum absolute atomic E-state index is 11.9. The number of hydrogen-bond donors (Lipinski definition) is 2. The SMILES string of the molecule is COc1nc(OC(F)(F)F)c(O)cc1C(=O)O. The number of rotatable bonds is 3. The monoisotopic (exact) mass is 253 g/mol. The van der Waals surface area contributed by atoms with Crippen molar-refractivity contribution in [3.63, 3.8) is 0 Å². The number of hydrogen-bond acceptors (Lipinski definition) is 5. The van der Waals surface area contributed by atoms with Crippen LogP contribution >= 0.6 is 0 Å². The van der Waals surface area contributed by atoms with Crippen LogP contribution in [0.1, 0.15) is 10.4 Å². The maximum atomic E-state index is 11.9. The van der Waals surface area contributed by atoms with Crippen molar-refractivity contribution in [1.29, 1.82) is 0 Å². The number of pyridine rings is 1. The molecule has 1 aromatic heterocycles. The number of nitrogens with zero attached hydrogens (tertiary/aromatic N) is 1. The van der Waals surface area contributed by atoms with E-state index in [4.69, 9.17) is 10.2 Å². The fourth-order valence-corrected chi connectivity index (χ4v) is 0.963. The summed E-state index contributed by atoms with van der Waals surface area (Å²) < 4.78 is 43.5. The summed E-state index contributed by atoms with van der Waals surface area (Å²) in [6, 6.07) is 0.551. The summed E-state index contributed by atoms with van der Waals surface area (Å²) in [5, 5.41) is 17.8.